The van der Waals surface area contributed by atoms with Gasteiger partial charge in [0.15, 0.2) is 0 Å². The lowest BCUT2D eigenvalue weighted by molar-refractivity contribution is 0.415. The van der Waals surface area contributed by atoms with Crippen molar-refractivity contribution in [3.05, 3.63) is 60.7 Å². The van der Waals surface area contributed by atoms with Crippen LogP contribution in [0.1, 0.15) is 0 Å². The Morgan fingerprint density at radius 2 is 1.00 bits per heavy atom. The van der Waals surface area contributed by atoms with Gasteiger partial charge in [-0.2, -0.15) is 0 Å². The van der Waals surface area contributed by atoms with E-state index in [0.717, 1.165) is 22.9 Å². The molecule has 0 amide bonds. The molecule has 0 fully saturated rings. The summed E-state index contributed by atoms with van der Waals surface area (Å²) in [5.74, 6) is 1.64. The second-order valence-electron chi connectivity index (χ2n) is 4.34. The van der Waals surface area contributed by atoms with Gasteiger partial charge < -0.3 is 9.47 Å². The molecule has 2 aromatic carbocycles. The first-order valence-electron chi connectivity index (χ1n) is 6.83. The van der Waals surface area contributed by atoms with Gasteiger partial charge in [0.05, 0.1) is 25.6 Å². The van der Waals surface area contributed by atoms with Crippen LogP contribution < -0.4 is 9.47 Å². The first kappa shape index (κ1) is 15.5. The van der Waals surface area contributed by atoms with Crippen molar-refractivity contribution in [1.29, 1.82) is 0 Å². The van der Waals surface area contributed by atoms with Crippen LogP contribution in [0, 0.1) is 0 Å². The van der Waals surface area contributed by atoms with Gasteiger partial charge in [-0.3, -0.25) is 9.98 Å². The van der Waals surface area contributed by atoms with Crippen molar-refractivity contribution in [3.8, 4) is 11.5 Å². The van der Waals surface area contributed by atoms with Crippen LogP contribution >= 0.6 is 0 Å². The van der Waals surface area contributed by atoms with E-state index < -0.39 is 0 Å². The van der Waals surface area contributed by atoms with Gasteiger partial charge in [-0.1, -0.05) is 0 Å². The molecule has 0 spiro atoms. The van der Waals surface area contributed by atoms with E-state index in [-0.39, 0.29) is 0 Å². The van der Waals surface area contributed by atoms with Crippen molar-refractivity contribution in [3.63, 3.8) is 0 Å². The minimum Gasteiger partial charge on any atom is -0.497 e. The van der Waals surface area contributed by atoms with Crippen molar-refractivity contribution < 1.29 is 9.47 Å². The summed E-state index contributed by atoms with van der Waals surface area (Å²) in [7, 11) is 3.28. The maximum absolute atomic E-state index is 5.09. The molecule has 22 heavy (non-hydrogen) atoms. The molecule has 0 heterocycles. The summed E-state index contributed by atoms with van der Waals surface area (Å²) in [5, 5.41) is 0. The summed E-state index contributed by atoms with van der Waals surface area (Å²) in [6.45, 7) is 0. The monoisotopic (exact) mass is 294 g/mol. The number of nitrogens with zero attached hydrogens (tertiary/aromatic N) is 2. The average molecular weight is 294 g/mol. The van der Waals surface area contributed by atoms with Crippen LogP contribution in [0.2, 0.25) is 0 Å². The van der Waals surface area contributed by atoms with E-state index in [2.05, 4.69) is 9.98 Å². The Labute approximate surface area is 130 Å². The first-order chi connectivity index (χ1) is 10.8. The second kappa shape index (κ2) is 8.42. The summed E-state index contributed by atoms with van der Waals surface area (Å²) in [4.78, 5) is 8.61. The molecule has 4 nitrogen and oxygen atoms in total. The molecule has 0 aliphatic heterocycles. The summed E-state index contributed by atoms with van der Waals surface area (Å²) < 4.78 is 10.2. The van der Waals surface area contributed by atoms with E-state index in [1.54, 1.807) is 26.6 Å². The largest absolute Gasteiger partial charge is 0.497 e. The van der Waals surface area contributed by atoms with E-state index in [4.69, 9.17) is 9.47 Å². The molecular formula is C18H18N2O2. The predicted molar refractivity (Wildman–Crippen MR) is 91.4 cm³/mol. The maximum atomic E-state index is 5.09. The SMILES string of the molecule is COc1ccc(N=C/C=C/C=Nc2ccc(OC)cc2)cc1. The summed E-state index contributed by atoms with van der Waals surface area (Å²) in [6.07, 6.45) is 7.11. The number of hydrogen-bond acceptors (Lipinski definition) is 4. The highest BCUT2D eigenvalue weighted by Gasteiger charge is 1.90. The molecule has 112 valence electrons. The van der Waals surface area contributed by atoms with E-state index in [9.17, 15) is 0 Å². The molecule has 0 N–H and O–H groups in total. The number of rotatable bonds is 6. The van der Waals surface area contributed by atoms with Crippen molar-refractivity contribution in [2.45, 2.75) is 0 Å². The van der Waals surface area contributed by atoms with Crippen LogP contribution in [0.4, 0.5) is 11.4 Å². The highest BCUT2D eigenvalue weighted by atomic mass is 16.5. The zero-order valence-corrected chi connectivity index (χ0v) is 12.6. The summed E-state index contributed by atoms with van der Waals surface area (Å²) in [6, 6.07) is 15.1. The van der Waals surface area contributed by atoms with Gasteiger partial charge in [0.25, 0.3) is 0 Å². The third kappa shape index (κ3) is 4.90. The Morgan fingerprint density at radius 1 is 0.636 bits per heavy atom. The van der Waals surface area contributed by atoms with Crippen molar-refractivity contribution in [2.75, 3.05) is 14.2 Å². The van der Waals surface area contributed by atoms with Crippen LogP contribution in [0.5, 0.6) is 11.5 Å². The smallest absolute Gasteiger partial charge is 0.119 e. The molecule has 0 aliphatic carbocycles. The standard InChI is InChI=1S/C18H18N2O2/c1-21-17-9-5-15(6-10-17)19-13-3-4-14-20-16-7-11-18(22-2)12-8-16/h3-14H,1-2H3/b4-3+,19-13?,20-14?. The van der Waals surface area contributed by atoms with Gasteiger partial charge >= 0.3 is 0 Å². The number of aliphatic imine (C=N–C) groups is 2. The number of benzene rings is 2. The third-order valence-corrected chi connectivity index (χ3v) is 2.88. The highest BCUT2D eigenvalue weighted by molar-refractivity contribution is 5.83. The molecule has 0 aliphatic rings. The lowest BCUT2D eigenvalue weighted by atomic mass is 10.3. The van der Waals surface area contributed by atoms with Crippen molar-refractivity contribution in [2.24, 2.45) is 9.98 Å². The first-order valence-corrected chi connectivity index (χ1v) is 6.83. The summed E-state index contributed by atoms with van der Waals surface area (Å²) >= 11 is 0. The van der Waals surface area contributed by atoms with E-state index in [1.807, 2.05) is 60.7 Å². The topological polar surface area (TPSA) is 43.2 Å². The van der Waals surface area contributed by atoms with Crippen molar-refractivity contribution in [1.82, 2.24) is 0 Å². The Morgan fingerprint density at radius 3 is 1.32 bits per heavy atom. The van der Waals surface area contributed by atoms with Crippen LogP contribution in [0.3, 0.4) is 0 Å². The Kier molecular flexibility index (Phi) is 5.93. The Hall–Kier alpha value is -2.88. The van der Waals surface area contributed by atoms with Gasteiger partial charge in [0.1, 0.15) is 11.5 Å². The fourth-order valence-corrected chi connectivity index (χ4v) is 1.69. The maximum Gasteiger partial charge on any atom is 0.119 e. The molecule has 0 unspecified atom stereocenters. The van der Waals surface area contributed by atoms with E-state index >= 15 is 0 Å². The van der Waals surface area contributed by atoms with Gasteiger partial charge in [-0.25, -0.2) is 0 Å². The quantitative estimate of drug-likeness (QED) is 0.743. The molecule has 0 saturated heterocycles. The zero-order valence-electron chi connectivity index (χ0n) is 12.6. The van der Waals surface area contributed by atoms with Crippen LogP contribution in [0.15, 0.2) is 70.7 Å². The Balaban J connectivity index is 1.85. The van der Waals surface area contributed by atoms with Gasteiger partial charge in [-0.15, -0.1) is 0 Å². The number of ether oxygens (including phenoxy) is 2. The van der Waals surface area contributed by atoms with Gasteiger partial charge in [0, 0.05) is 12.4 Å². The molecule has 2 aromatic rings. The average Bonchev–Trinajstić information content (AvgIpc) is 2.59. The molecule has 0 radical (unpaired) electrons. The molecule has 2 rings (SSSR count). The fraction of sp³-hybridized carbons (Fsp3) is 0.111. The molecular weight excluding hydrogens is 276 g/mol. The fourth-order valence-electron chi connectivity index (χ4n) is 1.69. The highest BCUT2D eigenvalue weighted by Crippen LogP contribution is 2.17. The van der Waals surface area contributed by atoms with Crippen LogP contribution in [-0.2, 0) is 0 Å². The van der Waals surface area contributed by atoms with Crippen LogP contribution in [-0.4, -0.2) is 26.6 Å². The predicted octanol–water partition coefficient (Wildman–Crippen LogP) is 4.36. The van der Waals surface area contributed by atoms with Crippen LogP contribution in [0.25, 0.3) is 0 Å². The minimum atomic E-state index is 0.820. The summed E-state index contributed by atoms with van der Waals surface area (Å²) in [5.41, 5.74) is 1.75. The lowest BCUT2D eigenvalue weighted by Crippen LogP contribution is -1.80. The molecule has 0 bridgehead atoms. The molecule has 0 atom stereocenters. The third-order valence-electron chi connectivity index (χ3n) is 2.88. The number of hydrogen-bond donors (Lipinski definition) is 0. The van der Waals surface area contributed by atoms with Crippen molar-refractivity contribution >= 4 is 23.8 Å². The van der Waals surface area contributed by atoms with E-state index in [1.165, 1.54) is 0 Å². The molecule has 0 aromatic heterocycles. The molecule has 0 saturated carbocycles. The lowest BCUT2D eigenvalue weighted by Gasteiger charge is -1.98. The zero-order chi connectivity index (χ0) is 15.6. The minimum absolute atomic E-state index is 0.820. The normalized spacial score (nSPS) is 11.5. The Bertz CT molecular complexity index is 597. The molecule has 4 heteroatoms. The number of methoxy groups -OCH3 is 2. The second-order valence-corrected chi connectivity index (χ2v) is 4.34. The van der Waals surface area contributed by atoms with E-state index in [0.29, 0.717) is 0 Å². The number of allylic oxidation sites excluding steroid dienone is 2. The van der Waals surface area contributed by atoms with Gasteiger partial charge in [0.2, 0.25) is 0 Å². The van der Waals surface area contributed by atoms with Gasteiger partial charge in [-0.05, 0) is 60.7 Å².